The summed E-state index contributed by atoms with van der Waals surface area (Å²) in [6, 6.07) is 35.1. The zero-order valence-corrected chi connectivity index (χ0v) is 39.1. The highest BCUT2D eigenvalue weighted by Crippen LogP contribution is 2.30. The van der Waals surface area contributed by atoms with Crippen LogP contribution in [-0.4, -0.2) is 55.8 Å². The molecule has 6 aromatic carbocycles. The zero-order chi connectivity index (χ0) is 48.0. The minimum Gasteiger partial charge on any atom is -0.324 e. The molecule has 0 saturated carbocycles. The van der Waals surface area contributed by atoms with Crippen molar-refractivity contribution in [3.63, 3.8) is 0 Å². The molecule has 0 atom stereocenters. The Hall–Kier alpha value is -7.14. The van der Waals surface area contributed by atoms with Gasteiger partial charge in [-0.05, 0) is 132 Å². The predicted octanol–water partition coefficient (Wildman–Crippen LogP) is 11.8. The minimum atomic E-state index is -4.90. The van der Waals surface area contributed by atoms with Crippen molar-refractivity contribution in [3.05, 3.63) is 165 Å². The van der Waals surface area contributed by atoms with Crippen molar-refractivity contribution in [2.24, 2.45) is 0 Å². The largest absolute Gasteiger partial charge is 0.324 e. The van der Waals surface area contributed by atoms with Gasteiger partial charge in [-0.25, -0.2) is 0 Å². The third kappa shape index (κ3) is 12.8. The Kier molecular flexibility index (Phi) is 14.2. The molecule has 8 rings (SSSR count). The van der Waals surface area contributed by atoms with E-state index in [1.54, 1.807) is 97.1 Å². The summed E-state index contributed by atoms with van der Waals surface area (Å²) in [6.45, 7) is 0. The predicted molar refractivity (Wildman–Crippen MR) is 267 cm³/mol. The monoisotopic (exact) mass is 1030 g/mol. The Labute approximate surface area is 408 Å². The van der Waals surface area contributed by atoms with Gasteiger partial charge in [-0.3, -0.25) is 9.11 Å². The van der Waals surface area contributed by atoms with Gasteiger partial charge in [0.15, 0.2) is 0 Å². The molecule has 2 heterocycles. The van der Waals surface area contributed by atoms with Crippen molar-refractivity contribution in [3.8, 4) is 0 Å². The molecule has 68 heavy (non-hydrogen) atoms. The number of rotatable bonds is 16. The average molecular weight is 1030 g/mol. The molecular formula is C44H32Cl4N12O6S2. The van der Waals surface area contributed by atoms with Crippen molar-refractivity contribution in [1.82, 2.24) is 29.9 Å². The molecule has 344 valence electrons. The van der Waals surface area contributed by atoms with Gasteiger partial charge in [0.25, 0.3) is 20.2 Å². The van der Waals surface area contributed by atoms with E-state index < -0.39 is 30.0 Å². The first-order valence-electron chi connectivity index (χ1n) is 19.6. The second-order valence-electron chi connectivity index (χ2n) is 14.2. The summed E-state index contributed by atoms with van der Waals surface area (Å²) >= 11 is 24.2. The Balaban J connectivity index is 1.07. The number of anilines is 12. The molecular weight excluding hydrogens is 999 g/mol. The van der Waals surface area contributed by atoms with Crippen LogP contribution < -0.4 is 31.9 Å². The van der Waals surface area contributed by atoms with Crippen LogP contribution in [0.25, 0.3) is 12.2 Å². The van der Waals surface area contributed by atoms with Crippen molar-refractivity contribution in [2.75, 3.05) is 31.9 Å². The molecule has 8 N–H and O–H groups in total. The summed E-state index contributed by atoms with van der Waals surface area (Å²) < 4.78 is 71.9. The lowest BCUT2D eigenvalue weighted by Gasteiger charge is -2.13. The van der Waals surface area contributed by atoms with Gasteiger partial charge in [-0.1, -0.05) is 70.7 Å². The molecule has 0 aliphatic heterocycles. The van der Waals surface area contributed by atoms with Gasteiger partial charge >= 0.3 is 0 Å². The molecule has 0 aliphatic rings. The van der Waals surface area contributed by atoms with Gasteiger partial charge in [-0.15, -0.1) is 0 Å². The van der Waals surface area contributed by atoms with Crippen molar-refractivity contribution < 1.29 is 25.9 Å². The van der Waals surface area contributed by atoms with E-state index in [1.807, 2.05) is 0 Å². The fourth-order valence-corrected chi connectivity index (χ4v) is 8.04. The first-order valence-corrected chi connectivity index (χ1v) is 23.9. The van der Waals surface area contributed by atoms with Gasteiger partial charge in [0.1, 0.15) is 9.79 Å². The Morgan fingerprint density at radius 2 is 0.544 bits per heavy atom. The van der Waals surface area contributed by atoms with E-state index in [9.17, 15) is 25.9 Å². The summed E-state index contributed by atoms with van der Waals surface area (Å²) in [4.78, 5) is 25.5. The SMILES string of the molecule is O=S(=O)(O)c1cc(Nc2nc(Nc3ccc(Cl)cc3)nc(Nc3ccc(Cl)cc3)n2)ccc1C=Cc1ccc(Nc2nc(Nc3ccc(Cl)cc3)nc(Nc3ccc(Cl)cc3)n2)cc1S(=O)(=O)O. The van der Waals surface area contributed by atoms with Gasteiger partial charge in [0.2, 0.25) is 35.7 Å². The highest BCUT2D eigenvalue weighted by molar-refractivity contribution is 7.86. The summed E-state index contributed by atoms with van der Waals surface area (Å²) in [5.74, 6) is 0.367. The van der Waals surface area contributed by atoms with Gasteiger partial charge < -0.3 is 31.9 Å². The van der Waals surface area contributed by atoms with E-state index >= 15 is 0 Å². The fourth-order valence-electron chi connectivity index (χ4n) is 6.12. The zero-order valence-electron chi connectivity index (χ0n) is 34.4. The quantitative estimate of drug-likeness (QED) is 0.0330. The first-order chi connectivity index (χ1) is 32.5. The number of hydrogen-bond acceptors (Lipinski definition) is 16. The number of nitrogens with one attached hydrogen (secondary N) is 6. The standard InChI is InChI=1S/C44H32Cl4N12O6S2/c45-27-5-15-31(16-6-27)49-39-55-40(50-32-17-7-28(46)8-18-32)58-43(57-39)53-35-13-3-25(37(23-35)67(61,62)63)1-2-26-4-14-36(24-38(26)68(64,65)66)54-44-59-41(51-33-19-9-29(47)10-20-33)56-42(60-44)52-34-21-11-30(48)12-22-34/h1-24H,(H,61,62,63)(H,64,65,66)(H3,49,50,53,55,57,58)(H3,51,52,54,56,59,60). The van der Waals surface area contributed by atoms with Crippen LogP contribution in [0.4, 0.5) is 69.8 Å². The number of hydrogen-bond donors (Lipinski definition) is 8. The highest BCUT2D eigenvalue weighted by atomic mass is 35.5. The van der Waals surface area contributed by atoms with Crippen LogP contribution in [0.15, 0.2) is 143 Å². The van der Waals surface area contributed by atoms with Crippen LogP contribution in [0.1, 0.15) is 11.1 Å². The van der Waals surface area contributed by atoms with E-state index in [0.29, 0.717) is 42.8 Å². The minimum absolute atomic E-state index is 0.0238. The van der Waals surface area contributed by atoms with Crippen molar-refractivity contribution >= 4 is 149 Å². The third-order valence-corrected chi connectivity index (χ3v) is 12.0. The summed E-state index contributed by atoms with van der Waals surface area (Å²) in [7, 11) is -9.80. The molecule has 0 saturated heterocycles. The molecule has 0 radical (unpaired) electrons. The maximum atomic E-state index is 12.8. The highest BCUT2D eigenvalue weighted by Gasteiger charge is 2.19. The van der Waals surface area contributed by atoms with Gasteiger partial charge in [-0.2, -0.15) is 46.7 Å². The molecule has 0 bridgehead atoms. The molecule has 0 fully saturated rings. The Morgan fingerprint density at radius 1 is 0.338 bits per heavy atom. The molecule has 0 aliphatic carbocycles. The molecule has 0 spiro atoms. The first kappa shape index (κ1) is 47.4. The summed E-state index contributed by atoms with van der Waals surface area (Å²) in [6.07, 6.45) is 2.51. The lowest BCUT2D eigenvalue weighted by molar-refractivity contribution is 0.480. The second-order valence-corrected chi connectivity index (χ2v) is 18.7. The lowest BCUT2D eigenvalue weighted by Crippen LogP contribution is -2.08. The van der Waals surface area contributed by atoms with Crippen LogP contribution >= 0.6 is 46.4 Å². The van der Waals surface area contributed by atoms with E-state index in [-0.39, 0.29) is 58.2 Å². The number of benzene rings is 6. The maximum Gasteiger partial charge on any atom is 0.295 e. The fraction of sp³-hybridized carbons (Fsp3) is 0. The molecule has 24 heteroatoms. The van der Waals surface area contributed by atoms with Crippen molar-refractivity contribution in [2.45, 2.75) is 9.79 Å². The molecule has 18 nitrogen and oxygen atoms in total. The van der Waals surface area contributed by atoms with Gasteiger partial charge in [0.05, 0.1) is 0 Å². The topological polar surface area (TPSA) is 258 Å². The number of halogens is 4. The lowest BCUT2D eigenvalue weighted by atomic mass is 10.1. The second kappa shape index (κ2) is 20.4. The van der Waals surface area contributed by atoms with Crippen LogP contribution in [0.2, 0.25) is 20.1 Å². The van der Waals surface area contributed by atoms with Crippen LogP contribution in [0, 0.1) is 0 Å². The van der Waals surface area contributed by atoms with Crippen molar-refractivity contribution in [1.29, 1.82) is 0 Å². The van der Waals surface area contributed by atoms with E-state index in [0.717, 1.165) is 12.1 Å². The molecule has 8 aromatic rings. The summed E-state index contributed by atoms with van der Waals surface area (Å²) in [5, 5.41) is 20.2. The number of aromatic nitrogens is 6. The van der Waals surface area contributed by atoms with Gasteiger partial charge in [0, 0.05) is 54.2 Å². The van der Waals surface area contributed by atoms with E-state index in [2.05, 4.69) is 61.8 Å². The van der Waals surface area contributed by atoms with Crippen LogP contribution in [0.5, 0.6) is 0 Å². The van der Waals surface area contributed by atoms with E-state index in [4.69, 9.17) is 46.4 Å². The average Bonchev–Trinajstić information content (AvgIpc) is 3.28. The maximum absolute atomic E-state index is 12.8. The Morgan fingerprint density at radius 3 is 0.765 bits per heavy atom. The van der Waals surface area contributed by atoms with E-state index in [1.165, 1.54) is 36.4 Å². The summed E-state index contributed by atoms with van der Waals surface area (Å²) in [5.41, 5.74) is 2.62. The number of nitrogens with zero attached hydrogens (tertiary/aromatic N) is 6. The van der Waals surface area contributed by atoms with Crippen LogP contribution in [-0.2, 0) is 20.2 Å². The molecule has 0 amide bonds. The third-order valence-electron chi connectivity index (χ3n) is 9.21. The normalized spacial score (nSPS) is 11.6. The van der Waals surface area contributed by atoms with Crippen LogP contribution in [0.3, 0.4) is 0 Å². The smallest absolute Gasteiger partial charge is 0.295 e. The molecule has 2 aromatic heterocycles. The Bertz CT molecular complexity index is 3040. The molecule has 0 unspecified atom stereocenters.